The van der Waals surface area contributed by atoms with Crippen molar-refractivity contribution in [1.82, 2.24) is 10.6 Å². The van der Waals surface area contributed by atoms with Crippen molar-refractivity contribution >= 4 is 17.5 Å². The predicted molar refractivity (Wildman–Crippen MR) is 92.1 cm³/mol. The summed E-state index contributed by atoms with van der Waals surface area (Å²) in [7, 11) is 1.66. The van der Waals surface area contributed by atoms with Gasteiger partial charge in [-0.15, -0.1) is 0 Å². The van der Waals surface area contributed by atoms with Gasteiger partial charge in [0.1, 0.15) is 5.82 Å². The number of methoxy groups -OCH3 is 1. The van der Waals surface area contributed by atoms with E-state index in [-0.39, 0.29) is 16.9 Å². The van der Waals surface area contributed by atoms with Gasteiger partial charge in [0.15, 0.2) is 0 Å². The highest BCUT2D eigenvalue weighted by atomic mass is 19.1. The molecule has 2 aliphatic heterocycles. The molecule has 2 amide bonds. The fourth-order valence-corrected chi connectivity index (χ4v) is 3.57. The zero-order valence-electron chi connectivity index (χ0n) is 14.4. The molecule has 2 heterocycles. The van der Waals surface area contributed by atoms with Crippen LogP contribution in [0.3, 0.4) is 0 Å². The molecule has 1 saturated heterocycles. The van der Waals surface area contributed by atoms with Gasteiger partial charge in [0, 0.05) is 31.2 Å². The molecule has 3 N–H and O–H groups in total. The summed E-state index contributed by atoms with van der Waals surface area (Å²) >= 11 is 0. The Morgan fingerprint density at radius 2 is 2.08 bits per heavy atom. The van der Waals surface area contributed by atoms with Gasteiger partial charge in [0.05, 0.1) is 12.2 Å². The Kier molecular flexibility index (Phi) is 5.34. The Morgan fingerprint density at radius 1 is 1.32 bits per heavy atom. The zero-order valence-corrected chi connectivity index (χ0v) is 14.4. The van der Waals surface area contributed by atoms with Crippen LogP contribution >= 0.6 is 0 Å². The fourth-order valence-electron chi connectivity index (χ4n) is 3.57. The highest BCUT2D eigenvalue weighted by Gasteiger charge is 2.33. The Morgan fingerprint density at radius 3 is 2.80 bits per heavy atom. The van der Waals surface area contributed by atoms with Gasteiger partial charge >= 0.3 is 0 Å². The van der Waals surface area contributed by atoms with E-state index in [0.717, 1.165) is 31.5 Å². The van der Waals surface area contributed by atoms with Gasteiger partial charge in [-0.25, -0.2) is 4.39 Å². The number of ether oxygens (including phenoxy) is 1. The number of amides is 2. The van der Waals surface area contributed by atoms with Crippen LogP contribution in [0.25, 0.3) is 0 Å². The number of carbonyl (C=O) groups excluding carboxylic acids is 2. The lowest BCUT2D eigenvalue weighted by Gasteiger charge is -2.37. The Balaban J connectivity index is 1.71. The molecule has 2 aliphatic rings. The molecule has 0 atom stereocenters. The molecule has 0 aromatic heterocycles. The van der Waals surface area contributed by atoms with Gasteiger partial charge in [0.2, 0.25) is 5.91 Å². The normalized spacial score (nSPS) is 19.0. The van der Waals surface area contributed by atoms with E-state index < -0.39 is 11.7 Å². The van der Waals surface area contributed by atoms with Crippen LogP contribution in [0.15, 0.2) is 12.1 Å². The number of piperidine rings is 1. The summed E-state index contributed by atoms with van der Waals surface area (Å²) in [4.78, 5) is 23.9. The standard InChI is InChI=1S/C18H24FN3O3/c1-25-11-18(4-6-20-7-5-18)10-21-17(24)13-8-12-2-3-16(23)22-15(12)9-14(13)19/h8-9,20H,2-7,10-11H2,1H3,(H,21,24)(H,22,23). The quantitative estimate of drug-likeness (QED) is 0.752. The Bertz CT molecular complexity index is 666. The zero-order chi connectivity index (χ0) is 17.9. The van der Waals surface area contributed by atoms with Crippen molar-refractivity contribution < 1.29 is 18.7 Å². The molecule has 1 aromatic carbocycles. The molecular weight excluding hydrogens is 325 g/mol. The second-order valence-corrected chi connectivity index (χ2v) is 6.90. The molecule has 25 heavy (non-hydrogen) atoms. The molecule has 1 fully saturated rings. The molecule has 136 valence electrons. The molecule has 0 bridgehead atoms. The van der Waals surface area contributed by atoms with Crippen molar-refractivity contribution in [3.8, 4) is 0 Å². The Labute approximate surface area is 146 Å². The van der Waals surface area contributed by atoms with Crippen LogP contribution in [0.5, 0.6) is 0 Å². The average Bonchev–Trinajstić information content (AvgIpc) is 2.60. The van der Waals surface area contributed by atoms with Crippen LogP contribution in [0.2, 0.25) is 0 Å². The van der Waals surface area contributed by atoms with Crippen molar-refractivity contribution in [2.45, 2.75) is 25.7 Å². The molecule has 6 nitrogen and oxygen atoms in total. The van der Waals surface area contributed by atoms with E-state index in [2.05, 4.69) is 16.0 Å². The van der Waals surface area contributed by atoms with Crippen LogP contribution in [0.1, 0.15) is 35.2 Å². The van der Waals surface area contributed by atoms with Crippen molar-refractivity contribution in [2.75, 3.05) is 38.7 Å². The number of anilines is 1. The number of carbonyl (C=O) groups is 2. The summed E-state index contributed by atoms with van der Waals surface area (Å²) in [6, 6.07) is 2.78. The minimum Gasteiger partial charge on any atom is -0.384 e. The summed E-state index contributed by atoms with van der Waals surface area (Å²) in [5, 5.41) is 8.82. The van der Waals surface area contributed by atoms with E-state index >= 15 is 0 Å². The predicted octanol–water partition coefficient (Wildman–Crippen LogP) is 1.46. The first-order chi connectivity index (χ1) is 12.0. The topological polar surface area (TPSA) is 79.5 Å². The first kappa shape index (κ1) is 17.8. The van der Waals surface area contributed by atoms with Gasteiger partial charge in [-0.1, -0.05) is 0 Å². The fraction of sp³-hybridized carbons (Fsp3) is 0.556. The van der Waals surface area contributed by atoms with E-state index in [1.54, 1.807) is 13.2 Å². The molecule has 0 radical (unpaired) electrons. The summed E-state index contributed by atoms with van der Waals surface area (Å²) in [5.74, 6) is -1.17. The summed E-state index contributed by atoms with van der Waals surface area (Å²) in [6.45, 7) is 2.78. The van der Waals surface area contributed by atoms with E-state index in [1.165, 1.54) is 6.07 Å². The minimum atomic E-state index is -0.621. The minimum absolute atomic E-state index is 0.0244. The van der Waals surface area contributed by atoms with Gasteiger partial charge in [-0.2, -0.15) is 0 Å². The number of hydrogen-bond acceptors (Lipinski definition) is 4. The third-order valence-electron chi connectivity index (χ3n) is 5.07. The van der Waals surface area contributed by atoms with Gasteiger partial charge < -0.3 is 20.7 Å². The van der Waals surface area contributed by atoms with Crippen LogP contribution in [0.4, 0.5) is 10.1 Å². The second-order valence-electron chi connectivity index (χ2n) is 6.90. The molecule has 7 heteroatoms. The van der Waals surface area contributed by atoms with Crippen LogP contribution < -0.4 is 16.0 Å². The van der Waals surface area contributed by atoms with E-state index in [9.17, 15) is 14.0 Å². The van der Waals surface area contributed by atoms with Gasteiger partial charge in [0.25, 0.3) is 5.91 Å². The molecule has 3 rings (SSSR count). The number of rotatable bonds is 5. The van der Waals surface area contributed by atoms with Crippen molar-refractivity contribution in [3.05, 3.63) is 29.1 Å². The van der Waals surface area contributed by atoms with Crippen LogP contribution in [0, 0.1) is 11.2 Å². The molecule has 0 aliphatic carbocycles. The SMILES string of the molecule is COCC1(CNC(=O)c2cc3c(cc2F)NC(=O)CC3)CCNCC1. The maximum Gasteiger partial charge on any atom is 0.254 e. The second kappa shape index (κ2) is 7.49. The van der Waals surface area contributed by atoms with Gasteiger partial charge in [-0.05, 0) is 50.0 Å². The third kappa shape index (κ3) is 3.99. The maximum atomic E-state index is 14.3. The number of hydrogen-bond donors (Lipinski definition) is 3. The van der Waals surface area contributed by atoms with Crippen LogP contribution in [-0.2, 0) is 16.0 Å². The van der Waals surface area contributed by atoms with Crippen molar-refractivity contribution in [2.24, 2.45) is 5.41 Å². The molecule has 0 unspecified atom stereocenters. The van der Waals surface area contributed by atoms with E-state index in [1.807, 2.05) is 0 Å². The highest BCUT2D eigenvalue weighted by molar-refractivity contribution is 5.98. The Hall–Kier alpha value is -1.99. The third-order valence-corrected chi connectivity index (χ3v) is 5.07. The monoisotopic (exact) mass is 349 g/mol. The summed E-state index contributed by atoms with van der Waals surface area (Å²) in [5.41, 5.74) is 1.16. The van der Waals surface area contributed by atoms with Crippen LogP contribution in [-0.4, -0.2) is 45.2 Å². The lowest BCUT2D eigenvalue weighted by molar-refractivity contribution is -0.116. The maximum absolute atomic E-state index is 14.3. The largest absolute Gasteiger partial charge is 0.384 e. The number of aryl methyl sites for hydroxylation is 1. The average molecular weight is 349 g/mol. The lowest BCUT2D eigenvalue weighted by Crippen LogP contribution is -2.47. The molecule has 0 spiro atoms. The van der Waals surface area contributed by atoms with Crippen molar-refractivity contribution in [1.29, 1.82) is 0 Å². The number of halogens is 1. The first-order valence-corrected chi connectivity index (χ1v) is 8.63. The molecular formula is C18H24FN3O3. The van der Waals surface area contributed by atoms with Crippen molar-refractivity contribution in [3.63, 3.8) is 0 Å². The number of benzene rings is 1. The molecule has 0 saturated carbocycles. The summed E-state index contributed by atoms with van der Waals surface area (Å²) < 4.78 is 19.7. The number of nitrogens with one attached hydrogen (secondary N) is 3. The van der Waals surface area contributed by atoms with Gasteiger partial charge in [-0.3, -0.25) is 9.59 Å². The lowest BCUT2D eigenvalue weighted by atomic mass is 9.79. The smallest absolute Gasteiger partial charge is 0.254 e. The number of fused-ring (bicyclic) bond motifs is 1. The van der Waals surface area contributed by atoms with E-state index in [4.69, 9.17) is 4.74 Å². The molecule has 1 aromatic rings. The highest BCUT2D eigenvalue weighted by Crippen LogP contribution is 2.29. The first-order valence-electron chi connectivity index (χ1n) is 8.63. The summed E-state index contributed by atoms with van der Waals surface area (Å²) in [6.07, 6.45) is 2.67. The van der Waals surface area contributed by atoms with E-state index in [0.29, 0.717) is 31.7 Å².